The number of hydrogen-bond acceptors (Lipinski definition) is 5. The normalized spacial score (nSPS) is 17.1. The number of likely N-dealkylation sites (tertiary alicyclic amines) is 1. The number of carboxylic acid groups (broad SMARTS) is 2. The number of rotatable bonds is 6. The smallest absolute Gasteiger partial charge is 0.328 e. The molecule has 1 fully saturated rings. The lowest BCUT2D eigenvalue weighted by Gasteiger charge is -2.29. The number of piperidine rings is 1. The fourth-order valence-electron chi connectivity index (χ4n) is 3.01. The number of aryl methyl sites for hydroxylation is 2. The number of hydrogen-bond donors (Lipinski definition) is 2. The van der Waals surface area contributed by atoms with E-state index in [1.54, 1.807) is 7.11 Å². The minimum Gasteiger partial charge on any atom is -0.497 e. The Morgan fingerprint density at radius 1 is 1.19 bits per heavy atom. The van der Waals surface area contributed by atoms with Gasteiger partial charge in [0.2, 0.25) is 0 Å². The molecule has 0 radical (unpaired) electrons. The van der Waals surface area contributed by atoms with Crippen LogP contribution in [0.2, 0.25) is 0 Å². The second kappa shape index (κ2) is 11.2. The van der Waals surface area contributed by atoms with Crippen LogP contribution in [0, 0.1) is 19.8 Å². The minimum absolute atomic E-state index is 0.558. The molecule has 150 valence electrons. The molecule has 0 saturated carbocycles. The van der Waals surface area contributed by atoms with E-state index in [9.17, 15) is 9.59 Å². The monoisotopic (exact) mass is 379 g/mol. The van der Waals surface area contributed by atoms with E-state index >= 15 is 0 Å². The van der Waals surface area contributed by atoms with Gasteiger partial charge in [0.1, 0.15) is 11.5 Å². The number of carboxylic acids is 2. The molecule has 1 aliphatic heterocycles. The summed E-state index contributed by atoms with van der Waals surface area (Å²) in [4.78, 5) is 21.5. The molecule has 1 aromatic carbocycles. The van der Waals surface area contributed by atoms with Gasteiger partial charge in [0.15, 0.2) is 0 Å². The SMILES string of the molecule is COc1cc(C)c(OCC2CCCN(C)C2)c(C)c1.O=C(O)/C=C/C(=O)O. The van der Waals surface area contributed by atoms with Crippen LogP contribution < -0.4 is 9.47 Å². The summed E-state index contributed by atoms with van der Waals surface area (Å²) in [5.41, 5.74) is 2.31. The second-order valence-electron chi connectivity index (χ2n) is 6.68. The van der Waals surface area contributed by atoms with Crippen molar-refractivity contribution >= 4 is 11.9 Å². The molecule has 2 N–H and O–H groups in total. The third-order valence-electron chi connectivity index (χ3n) is 4.22. The third-order valence-corrected chi connectivity index (χ3v) is 4.22. The van der Waals surface area contributed by atoms with Gasteiger partial charge in [0.25, 0.3) is 0 Å². The molecule has 1 heterocycles. The average Bonchev–Trinajstić information content (AvgIpc) is 2.59. The number of carbonyl (C=O) groups is 2. The van der Waals surface area contributed by atoms with Crippen molar-refractivity contribution in [3.63, 3.8) is 0 Å². The van der Waals surface area contributed by atoms with Crippen LogP contribution in [0.3, 0.4) is 0 Å². The summed E-state index contributed by atoms with van der Waals surface area (Å²) in [7, 11) is 3.89. The van der Waals surface area contributed by atoms with E-state index in [1.807, 2.05) is 12.1 Å². The molecule has 0 amide bonds. The Morgan fingerprint density at radius 2 is 1.74 bits per heavy atom. The Kier molecular flexibility index (Phi) is 9.36. The first kappa shape index (κ1) is 22.5. The molecule has 1 aromatic rings. The molecule has 1 aliphatic rings. The number of aliphatic carboxylic acids is 2. The first-order chi connectivity index (χ1) is 12.7. The Bertz CT molecular complexity index is 631. The topological polar surface area (TPSA) is 96.3 Å². The number of nitrogens with zero attached hydrogens (tertiary/aromatic N) is 1. The first-order valence-electron chi connectivity index (χ1n) is 8.83. The number of methoxy groups -OCH3 is 1. The van der Waals surface area contributed by atoms with Crippen molar-refractivity contribution in [3.8, 4) is 11.5 Å². The zero-order valence-corrected chi connectivity index (χ0v) is 16.4. The van der Waals surface area contributed by atoms with Crippen LogP contribution in [0.5, 0.6) is 11.5 Å². The Hall–Kier alpha value is -2.54. The largest absolute Gasteiger partial charge is 0.497 e. The van der Waals surface area contributed by atoms with Gasteiger partial charge in [-0.3, -0.25) is 0 Å². The van der Waals surface area contributed by atoms with Crippen LogP contribution in [-0.2, 0) is 9.59 Å². The van der Waals surface area contributed by atoms with Gasteiger partial charge >= 0.3 is 11.9 Å². The van der Waals surface area contributed by atoms with E-state index in [2.05, 4.69) is 25.8 Å². The lowest BCUT2D eigenvalue weighted by molar-refractivity contribution is -0.134. The van der Waals surface area contributed by atoms with Gasteiger partial charge in [-0.25, -0.2) is 9.59 Å². The standard InChI is InChI=1S/C16H25NO2.C4H4O4/c1-12-8-15(18-4)9-13(2)16(12)19-11-14-6-5-7-17(3)10-14;5-3(6)1-2-4(7)8/h8-9,14H,5-7,10-11H2,1-4H3;1-2H,(H,5,6)(H,7,8)/b;2-1+. The maximum Gasteiger partial charge on any atom is 0.328 e. The van der Waals surface area contributed by atoms with Crippen molar-refractivity contribution in [2.75, 3.05) is 33.9 Å². The van der Waals surface area contributed by atoms with Gasteiger partial charge in [0, 0.05) is 24.6 Å². The summed E-state index contributed by atoms with van der Waals surface area (Å²) in [5.74, 6) is 0.0632. The first-order valence-corrected chi connectivity index (χ1v) is 8.83. The molecular weight excluding hydrogens is 350 g/mol. The highest BCUT2D eigenvalue weighted by Crippen LogP contribution is 2.29. The molecule has 0 spiro atoms. The van der Waals surface area contributed by atoms with E-state index in [4.69, 9.17) is 19.7 Å². The zero-order valence-electron chi connectivity index (χ0n) is 16.4. The summed E-state index contributed by atoms with van der Waals surface area (Å²) < 4.78 is 11.3. The highest BCUT2D eigenvalue weighted by atomic mass is 16.5. The van der Waals surface area contributed by atoms with Gasteiger partial charge in [-0.15, -0.1) is 0 Å². The molecule has 0 bridgehead atoms. The molecule has 0 aromatic heterocycles. The molecule has 1 unspecified atom stereocenters. The number of benzene rings is 1. The maximum absolute atomic E-state index is 9.55. The van der Waals surface area contributed by atoms with E-state index in [1.165, 1.54) is 19.4 Å². The second-order valence-corrected chi connectivity index (χ2v) is 6.68. The van der Waals surface area contributed by atoms with Gasteiger partial charge in [0.05, 0.1) is 13.7 Å². The molecule has 7 nitrogen and oxygen atoms in total. The summed E-state index contributed by atoms with van der Waals surface area (Å²) >= 11 is 0. The Morgan fingerprint density at radius 3 is 2.19 bits per heavy atom. The molecule has 1 saturated heterocycles. The predicted octanol–water partition coefficient (Wildman–Crippen LogP) is 2.74. The minimum atomic E-state index is -1.26. The van der Waals surface area contributed by atoms with Crippen molar-refractivity contribution in [2.45, 2.75) is 26.7 Å². The lowest BCUT2D eigenvalue weighted by Crippen LogP contribution is -2.34. The van der Waals surface area contributed by atoms with Gasteiger partial charge in [-0.05, 0) is 63.5 Å². The van der Waals surface area contributed by atoms with Crippen LogP contribution in [-0.4, -0.2) is 60.9 Å². The Balaban J connectivity index is 0.000000387. The average molecular weight is 379 g/mol. The molecule has 2 rings (SSSR count). The molecule has 0 aliphatic carbocycles. The van der Waals surface area contributed by atoms with Crippen LogP contribution in [0.4, 0.5) is 0 Å². The maximum atomic E-state index is 9.55. The molecule has 1 atom stereocenters. The van der Waals surface area contributed by atoms with E-state index < -0.39 is 11.9 Å². The van der Waals surface area contributed by atoms with E-state index in [0.717, 1.165) is 35.8 Å². The van der Waals surface area contributed by atoms with Crippen molar-refractivity contribution < 1.29 is 29.3 Å². The number of ether oxygens (including phenoxy) is 2. The molecule has 7 heteroatoms. The van der Waals surface area contributed by atoms with Gasteiger partial charge in [-0.2, -0.15) is 0 Å². The fraction of sp³-hybridized carbons (Fsp3) is 0.500. The highest BCUT2D eigenvalue weighted by Gasteiger charge is 2.18. The van der Waals surface area contributed by atoms with Crippen molar-refractivity contribution in [3.05, 3.63) is 35.4 Å². The van der Waals surface area contributed by atoms with Crippen LogP contribution in [0.15, 0.2) is 24.3 Å². The van der Waals surface area contributed by atoms with Crippen molar-refractivity contribution in [1.29, 1.82) is 0 Å². The predicted molar refractivity (Wildman–Crippen MR) is 103 cm³/mol. The zero-order chi connectivity index (χ0) is 20.4. The quantitative estimate of drug-likeness (QED) is 0.734. The van der Waals surface area contributed by atoms with Crippen LogP contribution in [0.25, 0.3) is 0 Å². The van der Waals surface area contributed by atoms with E-state index in [0.29, 0.717) is 18.1 Å². The van der Waals surface area contributed by atoms with Crippen LogP contribution >= 0.6 is 0 Å². The van der Waals surface area contributed by atoms with Crippen molar-refractivity contribution in [2.24, 2.45) is 5.92 Å². The van der Waals surface area contributed by atoms with Crippen molar-refractivity contribution in [1.82, 2.24) is 4.90 Å². The van der Waals surface area contributed by atoms with Crippen LogP contribution in [0.1, 0.15) is 24.0 Å². The fourth-order valence-corrected chi connectivity index (χ4v) is 3.01. The Labute approximate surface area is 160 Å². The summed E-state index contributed by atoms with van der Waals surface area (Å²) in [6.45, 7) is 7.35. The van der Waals surface area contributed by atoms with Gasteiger partial charge in [-0.1, -0.05) is 0 Å². The summed E-state index contributed by atoms with van der Waals surface area (Å²) in [6, 6.07) is 4.07. The molecular formula is C20H29NO6. The summed E-state index contributed by atoms with van der Waals surface area (Å²) in [5, 5.41) is 15.6. The molecule has 27 heavy (non-hydrogen) atoms. The van der Waals surface area contributed by atoms with Gasteiger partial charge < -0.3 is 24.6 Å². The third kappa shape index (κ3) is 8.59. The summed E-state index contributed by atoms with van der Waals surface area (Å²) in [6.07, 6.45) is 3.67. The highest BCUT2D eigenvalue weighted by molar-refractivity contribution is 5.89. The lowest BCUT2D eigenvalue weighted by atomic mass is 9.99. The van der Waals surface area contributed by atoms with E-state index in [-0.39, 0.29) is 0 Å².